The fourth-order valence-electron chi connectivity index (χ4n) is 2.58. The Morgan fingerprint density at radius 1 is 1.19 bits per heavy atom. The van der Waals surface area contributed by atoms with E-state index in [1.807, 2.05) is 6.20 Å². The van der Waals surface area contributed by atoms with Gasteiger partial charge in [-0.15, -0.1) is 0 Å². The van der Waals surface area contributed by atoms with Crippen LogP contribution in [0.25, 0.3) is 0 Å². The molecule has 2 rings (SSSR count). The van der Waals surface area contributed by atoms with Crippen molar-refractivity contribution < 1.29 is 0 Å². The first-order valence-corrected chi connectivity index (χ1v) is 7.92. The van der Waals surface area contributed by atoms with Gasteiger partial charge in [0.1, 0.15) is 5.82 Å². The molecule has 1 aromatic carbocycles. The van der Waals surface area contributed by atoms with Crippen molar-refractivity contribution in [2.75, 3.05) is 6.54 Å². The summed E-state index contributed by atoms with van der Waals surface area (Å²) in [5.41, 5.74) is 2.65. The van der Waals surface area contributed by atoms with Crippen molar-refractivity contribution >= 4 is 0 Å². The maximum absolute atomic E-state index is 4.49. The van der Waals surface area contributed by atoms with Gasteiger partial charge in [0, 0.05) is 24.9 Å². The normalized spacial score (nSPS) is 12.8. The van der Waals surface area contributed by atoms with Gasteiger partial charge in [0.05, 0.1) is 6.04 Å². The van der Waals surface area contributed by atoms with Gasteiger partial charge >= 0.3 is 0 Å². The zero-order valence-electron chi connectivity index (χ0n) is 13.6. The lowest BCUT2D eigenvalue weighted by molar-refractivity contribution is 0.450. The van der Waals surface area contributed by atoms with Crippen molar-refractivity contribution in [2.24, 2.45) is 0 Å². The third-order valence-corrected chi connectivity index (χ3v) is 3.76. The van der Waals surface area contributed by atoms with Crippen LogP contribution in [0.3, 0.4) is 0 Å². The summed E-state index contributed by atoms with van der Waals surface area (Å²) in [6.45, 7) is 10.7. The van der Waals surface area contributed by atoms with Crippen LogP contribution >= 0.6 is 0 Å². The molecule has 0 spiro atoms. The molecule has 3 heteroatoms. The molecule has 0 bridgehead atoms. The molecule has 3 nitrogen and oxygen atoms in total. The summed E-state index contributed by atoms with van der Waals surface area (Å²) < 4.78 is 2.28. The molecule has 114 valence electrons. The van der Waals surface area contributed by atoms with Crippen LogP contribution in [0.15, 0.2) is 36.7 Å². The van der Waals surface area contributed by atoms with Crippen LogP contribution in [-0.2, 0) is 6.54 Å². The fraction of sp³-hybridized carbons (Fsp3) is 0.500. The summed E-state index contributed by atoms with van der Waals surface area (Å²) in [5.74, 6) is 1.61. The third kappa shape index (κ3) is 4.18. The first kappa shape index (κ1) is 15.8. The first-order chi connectivity index (χ1) is 10.1. The largest absolute Gasteiger partial charge is 0.333 e. The van der Waals surface area contributed by atoms with E-state index in [9.17, 15) is 0 Å². The number of imidazole rings is 1. The lowest BCUT2D eigenvalue weighted by Crippen LogP contribution is -2.27. The monoisotopic (exact) mass is 285 g/mol. The second kappa shape index (κ2) is 7.41. The Morgan fingerprint density at radius 3 is 2.52 bits per heavy atom. The van der Waals surface area contributed by atoms with Crippen molar-refractivity contribution in [1.29, 1.82) is 0 Å². The van der Waals surface area contributed by atoms with Crippen LogP contribution in [0.5, 0.6) is 0 Å². The van der Waals surface area contributed by atoms with Crippen molar-refractivity contribution in [3.8, 4) is 0 Å². The molecule has 21 heavy (non-hydrogen) atoms. The lowest BCUT2D eigenvalue weighted by Gasteiger charge is -2.21. The van der Waals surface area contributed by atoms with E-state index in [1.165, 1.54) is 11.1 Å². The number of nitrogens with zero attached hydrogens (tertiary/aromatic N) is 2. The zero-order valence-corrected chi connectivity index (χ0v) is 13.6. The number of aryl methyl sites for hydroxylation is 1. The van der Waals surface area contributed by atoms with Crippen LogP contribution in [0.1, 0.15) is 56.1 Å². The van der Waals surface area contributed by atoms with E-state index in [4.69, 9.17) is 0 Å². The highest BCUT2D eigenvalue weighted by atomic mass is 15.1. The summed E-state index contributed by atoms with van der Waals surface area (Å²) >= 11 is 0. The van der Waals surface area contributed by atoms with Crippen molar-refractivity contribution in [3.05, 3.63) is 53.6 Å². The molecule has 0 amide bonds. The molecule has 0 aliphatic rings. The molecule has 1 atom stereocenters. The van der Waals surface area contributed by atoms with Crippen LogP contribution in [0.2, 0.25) is 0 Å². The molecule has 1 heterocycles. The average molecular weight is 285 g/mol. The number of aromatic nitrogens is 2. The summed E-state index contributed by atoms with van der Waals surface area (Å²) in [6, 6.07) is 9.17. The molecule has 1 unspecified atom stereocenters. The molecule has 0 aliphatic carbocycles. The van der Waals surface area contributed by atoms with Gasteiger partial charge in [-0.2, -0.15) is 0 Å². The Balaban J connectivity index is 2.19. The second-order valence-corrected chi connectivity index (χ2v) is 6.01. The molecule has 0 fully saturated rings. The number of benzene rings is 1. The molecular weight excluding hydrogens is 258 g/mol. The fourth-order valence-corrected chi connectivity index (χ4v) is 2.58. The molecule has 0 radical (unpaired) electrons. The summed E-state index contributed by atoms with van der Waals surface area (Å²) in [5, 5.41) is 3.66. The number of rotatable bonds is 7. The van der Waals surface area contributed by atoms with Gasteiger partial charge < -0.3 is 9.88 Å². The Hall–Kier alpha value is -1.61. The molecule has 2 aromatic rings. The molecule has 1 N–H and O–H groups in total. The van der Waals surface area contributed by atoms with Crippen molar-refractivity contribution in [2.45, 2.75) is 52.6 Å². The summed E-state index contributed by atoms with van der Waals surface area (Å²) in [4.78, 5) is 4.49. The molecular formula is C18H27N3. The maximum Gasteiger partial charge on any atom is 0.111 e. The maximum atomic E-state index is 4.49. The van der Waals surface area contributed by atoms with Crippen molar-refractivity contribution in [3.63, 3.8) is 0 Å². The van der Waals surface area contributed by atoms with E-state index in [2.05, 4.69) is 73.0 Å². The van der Waals surface area contributed by atoms with Crippen LogP contribution < -0.4 is 5.32 Å². The third-order valence-electron chi connectivity index (χ3n) is 3.76. The predicted octanol–water partition coefficient (Wildman–Crippen LogP) is 4.06. The number of hydrogen-bond acceptors (Lipinski definition) is 2. The van der Waals surface area contributed by atoms with E-state index in [0.29, 0.717) is 12.0 Å². The Labute approximate surface area is 128 Å². The minimum atomic E-state index is 0.331. The minimum Gasteiger partial charge on any atom is -0.333 e. The highest BCUT2D eigenvalue weighted by Crippen LogP contribution is 2.19. The summed E-state index contributed by atoms with van der Waals surface area (Å²) in [7, 11) is 0. The molecule has 0 aliphatic heterocycles. The zero-order chi connectivity index (χ0) is 15.2. The van der Waals surface area contributed by atoms with Gasteiger partial charge in [0.25, 0.3) is 0 Å². The molecule has 1 aromatic heterocycles. The topological polar surface area (TPSA) is 29.9 Å². The lowest BCUT2D eigenvalue weighted by atomic mass is 10.0. The van der Waals surface area contributed by atoms with Gasteiger partial charge in [-0.05, 0) is 25.5 Å². The van der Waals surface area contributed by atoms with Crippen LogP contribution in [0, 0.1) is 6.92 Å². The average Bonchev–Trinajstić information content (AvgIpc) is 2.93. The van der Waals surface area contributed by atoms with E-state index >= 15 is 0 Å². The smallest absolute Gasteiger partial charge is 0.111 e. The van der Waals surface area contributed by atoms with Crippen LogP contribution in [0.4, 0.5) is 0 Å². The van der Waals surface area contributed by atoms with Crippen LogP contribution in [-0.4, -0.2) is 16.1 Å². The Morgan fingerprint density at radius 2 is 1.90 bits per heavy atom. The van der Waals surface area contributed by atoms with E-state index in [1.54, 1.807) is 0 Å². The highest BCUT2D eigenvalue weighted by molar-refractivity contribution is 5.24. The minimum absolute atomic E-state index is 0.331. The number of nitrogens with one attached hydrogen (secondary N) is 1. The van der Waals surface area contributed by atoms with E-state index in [0.717, 1.165) is 25.3 Å². The quantitative estimate of drug-likeness (QED) is 0.831. The van der Waals surface area contributed by atoms with Gasteiger partial charge in [0.2, 0.25) is 0 Å². The first-order valence-electron chi connectivity index (χ1n) is 7.92. The van der Waals surface area contributed by atoms with Crippen molar-refractivity contribution in [1.82, 2.24) is 14.9 Å². The SMILES string of the molecule is CCCNC(Cn1ccnc1C(C)C)c1ccc(C)cc1. The predicted molar refractivity (Wildman–Crippen MR) is 88.5 cm³/mol. The van der Waals surface area contributed by atoms with Gasteiger partial charge in [0.15, 0.2) is 0 Å². The molecule has 0 saturated carbocycles. The van der Waals surface area contributed by atoms with Gasteiger partial charge in [-0.3, -0.25) is 0 Å². The van der Waals surface area contributed by atoms with E-state index in [-0.39, 0.29) is 0 Å². The number of hydrogen-bond donors (Lipinski definition) is 1. The Kier molecular flexibility index (Phi) is 5.57. The van der Waals surface area contributed by atoms with Gasteiger partial charge in [-0.25, -0.2) is 4.98 Å². The summed E-state index contributed by atoms with van der Waals surface area (Å²) in [6.07, 6.45) is 5.13. The highest BCUT2D eigenvalue weighted by Gasteiger charge is 2.14. The van der Waals surface area contributed by atoms with Gasteiger partial charge in [-0.1, -0.05) is 50.6 Å². The second-order valence-electron chi connectivity index (χ2n) is 6.01. The Bertz CT molecular complexity index is 540. The molecule has 0 saturated heterocycles. The standard InChI is InChI=1S/C18H27N3/c1-5-10-19-17(16-8-6-15(4)7-9-16)13-21-12-11-20-18(21)14(2)3/h6-9,11-12,14,17,19H,5,10,13H2,1-4H3. The van der Waals surface area contributed by atoms with E-state index < -0.39 is 0 Å².